The molecule has 0 fully saturated rings. The van der Waals surface area contributed by atoms with Gasteiger partial charge in [-0.25, -0.2) is 0 Å². The molecule has 0 rings (SSSR count). The maximum atomic E-state index is 10.0. The Morgan fingerprint density at radius 3 is 1.86 bits per heavy atom. The van der Waals surface area contributed by atoms with Crippen molar-refractivity contribution in [1.29, 1.82) is 0 Å². The van der Waals surface area contributed by atoms with Crippen LogP contribution in [0.4, 0.5) is 0 Å². The standard InChI is InChI=1S/C3H4O2S2/c4-2(1-6)3(5)7/h6H,1H2,(H,5,7). The van der Waals surface area contributed by atoms with E-state index in [0.717, 1.165) is 0 Å². The summed E-state index contributed by atoms with van der Waals surface area (Å²) in [6, 6.07) is 0. The molecule has 0 bridgehead atoms. The van der Waals surface area contributed by atoms with E-state index in [1.54, 1.807) is 0 Å². The summed E-state index contributed by atoms with van der Waals surface area (Å²) >= 11 is 6.77. The minimum absolute atomic E-state index is 0.0532. The first-order valence-corrected chi connectivity index (χ1v) is 2.63. The van der Waals surface area contributed by atoms with Crippen molar-refractivity contribution in [2.45, 2.75) is 0 Å². The highest BCUT2D eigenvalue weighted by atomic mass is 32.1. The Morgan fingerprint density at radius 1 is 1.43 bits per heavy atom. The average Bonchev–Trinajstić information content (AvgIpc) is 1.65. The van der Waals surface area contributed by atoms with Gasteiger partial charge in [-0.2, -0.15) is 12.6 Å². The Morgan fingerprint density at radius 2 is 1.86 bits per heavy atom. The van der Waals surface area contributed by atoms with Crippen molar-refractivity contribution in [2.24, 2.45) is 0 Å². The first-order chi connectivity index (χ1) is 3.18. The van der Waals surface area contributed by atoms with Crippen molar-refractivity contribution in [2.75, 3.05) is 5.75 Å². The fraction of sp³-hybridized carbons (Fsp3) is 0.333. The van der Waals surface area contributed by atoms with Gasteiger partial charge in [0, 0.05) is 0 Å². The van der Waals surface area contributed by atoms with Gasteiger partial charge >= 0.3 is 0 Å². The molecule has 0 heterocycles. The van der Waals surface area contributed by atoms with Crippen LogP contribution in [0.3, 0.4) is 0 Å². The molecule has 2 nitrogen and oxygen atoms in total. The lowest BCUT2D eigenvalue weighted by atomic mass is 10.5. The maximum absolute atomic E-state index is 10.0. The zero-order valence-corrected chi connectivity index (χ0v) is 5.21. The summed E-state index contributed by atoms with van der Waals surface area (Å²) in [5.41, 5.74) is 0. The van der Waals surface area contributed by atoms with Crippen LogP contribution in [0.5, 0.6) is 0 Å². The summed E-state index contributed by atoms with van der Waals surface area (Å²) in [6.07, 6.45) is 0. The van der Waals surface area contributed by atoms with Crippen LogP contribution in [0, 0.1) is 0 Å². The van der Waals surface area contributed by atoms with Gasteiger partial charge in [0.05, 0.1) is 5.75 Å². The summed E-state index contributed by atoms with van der Waals surface area (Å²) in [6.45, 7) is 0. The molecular formula is C3H4O2S2. The van der Waals surface area contributed by atoms with E-state index in [9.17, 15) is 9.59 Å². The highest BCUT2D eigenvalue weighted by Gasteiger charge is 2.03. The number of hydrogen-bond donors (Lipinski definition) is 2. The first kappa shape index (κ1) is 7.04. The van der Waals surface area contributed by atoms with E-state index in [-0.39, 0.29) is 5.75 Å². The maximum Gasteiger partial charge on any atom is 0.252 e. The fourth-order valence-electron chi connectivity index (χ4n) is 0.0676. The largest absolute Gasteiger partial charge is 0.289 e. The first-order valence-electron chi connectivity index (χ1n) is 1.55. The summed E-state index contributed by atoms with van der Waals surface area (Å²) in [5.74, 6) is -0.617. The number of hydrogen-bond acceptors (Lipinski definition) is 3. The second-order valence-corrected chi connectivity index (χ2v) is 1.61. The van der Waals surface area contributed by atoms with Crippen LogP contribution in [0.2, 0.25) is 0 Å². The van der Waals surface area contributed by atoms with Gasteiger partial charge in [0.1, 0.15) is 0 Å². The van der Waals surface area contributed by atoms with Crippen LogP contribution >= 0.6 is 25.3 Å². The molecule has 0 aliphatic carbocycles. The molecule has 0 atom stereocenters. The summed E-state index contributed by atoms with van der Waals surface area (Å²) < 4.78 is 0. The number of thiol groups is 2. The molecule has 0 radical (unpaired) electrons. The van der Waals surface area contributed by atoms with E-state index in [1.807, 2.05) is 0 Å². The molecule has 0 aliphatic heterocycles. The van der Waals surface area contributed by atoms with E-state index in [2.05, 4.69) is 25.3 Å². The van der Waals surface area contributed by atoms with Crippen LogP contribution in [0.25, 0.3) is 0 Å². The van der Waals surface area contributed by atoms with E-state index in [1.165, 1.54) is 0 Å². The lowest BCUT2D eigenvalue weighted by Crippen LogP contribution is -2.07. The third kappa shape index (κ3) is 2.70. The Kier molecular flexibility index (Phi) is 3.11. The van der Waals surface area contributed by atoms with Gasteiger partial charge in [-0.3, -0.25) is 9.59 Å². The van der Waals surface area contributed by atoms with Gasteiger partial charge < -0.3 is 0 Å². The van der Waals surface area contributed by atoms with Crippen molar-refractivity contribution in [3.05, 3.63) is 0 Å². The lowest BCUT2D eigenvalue weighted by molar-refractivity contribution is -0.129. The molecule has 0 saturated carbocycles. The van der Waals surface area contributed by atoms with Gasteiger partial charge in [-0.05, 0) is 0 Å². The van der Waals surface area contributed by atoms with Crippen molar-refractivity contribution in [1.82, 2.24) is 0 Å². The van der Waals surface area contributed by atoms with Gasteiger partial charge in [-0.1, -0.05) is 12.6 Å². The molecule has 7 heavy (non-hydrogen) atoms. The third-order valence-electron chi connectivity index (χ3n) is 0.382. The second kappa shape index (κ2) is 3.10. The van der Waals surface area contributed by atoms with Gasteiger partial charge in [0.15, 0.2) is 0 Å². The van der Waals surface area contributed by atoms with E-state index in [4.69, 9.17) is 0 Å². The third-order valence-corrected chi connectivity index (χ3v) is 0.919. The van der Waals surface area contributed by atoms with Crippen molar-refractivity contribution in [3.63, 3.8) is 0 Å². The summed E-state index contributed by atoms with van der Waals surface area (Å²) in [4.78, 5) is 19.8. The Labute approximate surface area is 52.1 Å². The lowest BCUT2D eigenvalue weighted by Gasteiger charge is -1.80. The Balaban J connectivity index is 3.58. The number of rotatable bonds is 2. The molecule has 0 saturated heterocycles. The molecule has 0 aromatic carbocycles. The Hall–Kier alpha value is 0.0400. The van der Waals surface area contributed by atoms with E-state index < -0.39 is 10.9 Å². The monoisotopic (exact) mass is 136 g/mol. The Bertz CT molecular complexity index is 99.1. The number of ketones is 1. The van der Waals surface area contributed by atoms with Crippen LogP contribution < -0.4 is 0 Å². The fourth-order valence-corrected chi connectivity index (χ4v) is 0.415. The topological polar surface area (TPSA) is 34.1 Å². The summed E-state index contributed by atoms with van der Waals surface area (Å²) in [5, 5.41) is -0.727. The highest BCUT2D eigenvalue weighted by Crippen LogP contribution is 1.83. The van der Waals surface area contributed by atoms with Crippen molar-refractivity contribution < 1.29 is 9.59 Å². The molecule has 0 spiro atoms. The zero-order valence-electron chi connectivity index (χ0n) is 3.42. The molecule has 40 valence electrons. The molecule has 0 amide bonds. The number of carbonyl (C=O) groups is 2. The number of Topliss-reactive ketones (excluding diaryl/α,β-unsaturated/α-hetero) is 1. The van der Waals surface area contributed by atoms with Crippen LogP contribution in [0.15, 0.2) is 0 Å². The van der Waals surface area contributed by atoms with Crippen LogP contribution in [-0.2, 0) is 9.59 Å². The average molecular weight is 136 g/mol. The minimum atomic E-state index is -0.727. The smallest absolute Gasteiger partial charge is 0.252 e. The molecule has 0 aliphatic rings. The van der Waals surface area contributed by atoms with Crippen molar-refractivity contribution >= 4 is 36.2 Å². The molecule has 0 aromatic heterocycles. The highest BCUT2D eigenvalue weighted by molar-refractivity contribution is 7.99. The predicted octanol–water partition coefficient (Wildman–Crippen LogP) is -0.0583. The zero-order chi connectivity index (χ0) is 5.86. The van der Waals surface area contributed by atoms with Gasteiger partial charge in [-0.15, -0.1) is 0 Å². The van der Waals surface area contributed by atoms with E-state index in [0.29, 0.717) is 0 Å². The molecular weight excluding hydrogens is 132 g/mol. The van der Waals surface area contributed by atoms with Gasteiger partial charge in [0.2, 0.25) is 5.78 Å². The normalized spacial score (nSPS) is 8.29. The molecule has 0 N–H and O–H groups in total. The predicted molar refractivity (Wildman–Crippen MR) is 32.9 cm³/mol. The van der Waals surface area contributed by atoms with Gasteiger partial charge in [0.25, 0.3) is 5.12 Å². The quantitative estimate of drug-likeness (QED) is 0.412. The van der Waals surface area contributed by atoms with E-state index >= 15 is 0 Å². The summed E-state index contributed by atoms with van der Waals surface area (Å²) in [7, 11) is 0. The second-order valence-electron chi connectivity index (χ2n) is 0.886. The molecule has 0 unspecified atom stereocenters. The minimum Gasteiger partial charge on any atom is -0.289 e. The van der Waals surface area contributed by atoms with Crippen molar-refractivity contribution in [3.8, 4) is 0 Å². The number of carbonyl (C=O) groups excluding carboxylic acids is 2. The SMILES string of the molecule is O=C(S)C(=O)CS. The molecule has 0 aromatic rings. The van der Waals surface area contributed by atoms with Crippen LogP contribution in [0.1, 0.15) is 0 Å². The molecule has 4 heteroatoms. The van der Waals surface area contributed by atoms with Crippen LogP contribution in [-0.4, -0.2) is 16.7 Å².